The second-order valence-electron chi connectivity index (χ2n) is 9.37. The van der Waals surface area contributed by atoms with Gasteiger partial charge in [-0.15, -0.1) is 0 Å². The zero-order valence-corrected chi connectivity index (χ0v) is 24.4. The van der Waals surface area contributed by atoms with Crippen LogP contribution in [0.2, 0.25) is 5.02 Å². The summed E-state index contributed by atoms with van der Waals surface area (Å²) in [6.07, 6.45) is 0. The summed E-state index contributed by atoms with van der Waals surface area (Å²) in [6, 6.07) is 24.9. The molecule has 40 heavy (non-hydrogen) atoms. The zero-order valence-electron chi connectivity index (χ0n) is 22.0. The van der Waals surface area contributed by atoms with E-state index in [0.29, 0.717) is 50.0 Å². The number of carbonyl (C=O) groups excluding carboxylic acids is 1. The first-order valence-corrected chi connectivity index (χ1v) is 13.6. The van der Waals surface area contributed by atoms with Gasteiger partial charge < -0.3 is 14.4 Å². The summed E-state index contributed by atoms with van der Waals surface area (Å²) in [7, 11) is 3.32. The number of aryl methyl sites for hydroxylation is 1. The molecule has 0 unspecified atom stereocenters. The average molecular weight is 620 g/mol. The van der Waals surface area contributed by atoms with Gasteiger partial charge in [0.25, 0.3) is 5.91 Å². The van der Waals surface area contributed by atoms with Crippen molar-refractivity contribution in [2.24, 2.45) is 0 Å². The van der Waals surface area contributed by atoms with E-state index in [1.165, 1.54) is 6.07 Å². The first-order valence-electron chi connectivity index (χ1n) is 12.4. The number of ether oxygens (including phenoxy) is 2. The Hall–Kier alpha value is -3.94. The highest BCUT2D eigenvalue weighted by Crippen LogP contribution is 2.32. The number of methoxy groups -OCH3 is 1. The van der Waals surface area contributed by atoms with Crippen molar-refractivity contribution < 1.29 is 18.7 Å². The maximum absolute atomic E-state index is 14.0. The Morgan fingerprint density at radius 3 is 2.45 bits per heavy atom. The fraction of sp³-hybridized carbons (Fsp3) is 0.125. The molecule has 0 fully saturated rings. The molecule has 1 aromatic heterocycles. The van der Waals surface area contributed by atoms with Crippen molar-refractivity contribution in [3.63, 3.8) is 0 Å². The molecule has 5 nitrogen and oxygen atoms in total. The van der Waals surface area contributed by atoms with Crippen molar-refractivity contribution in [3.05, 3.63) is 117 Å². The number of carbonyl (C=O) groups is 1. The molecule has 0 atom stereocenters. The first-order chi connectivity index (χ1) is 19.2. The molecule has 0 spiro atoms. The zero-order chi connectivity index (χ0) is 28.4. The van der Waals surface area contributed by atoms with Gasteiger partial charge in [-0.3, -0.25) is 4.79 Å². The Morgan fingerprint density at radius 2 is 1.73 bits per heavy atom. The molecule has 8 heteroatoms. The van der Waals surface area contributed by atoms with Crippen LogP contribution < -0.4 is 9.47 Å². The van der Waals surface area contributed by atoms with Gasteiger partial charge in [0.05, 0.1) is 23.9 Å². The Kier molecular flexibility index (Phi) is 8.05. The van der Waals surface area contributed by atoms with E-state index in [1.54, 1.807) is 50.2 Å². The topological polar surface area (TPSA) is 51.7 Å². The largest absolute Gasteiger partial charge is 0.497 e. The van der Waals surface area contributed by atoms with Crippen LogP contribution in [-0.2, 0) is 6.54 Å². The monoisotopic (exact) mass is 618 g/mol. The van der Waals surface area contributed by atoms with Gasteiger partial charge in [0.15, 0.2) is 0 Å². The van der Waals surface area contributed by atoms with Gasteiger partial charge in [0.2, 0.25) is 0 Å². The van der Waals surface area contributed by atoms with Crippen molar-refractivity contribution >= 4 is 44.3 Å². The second-order valence-corrected chi connectivity index (χ2v) is 10.7. The predicted molar refractivity (Wildman–Crippen MR) is 160 cm³/mol. The third-order valence-electron chi connectivity index (χ3n) is 6.53. The number of rotatable bonds is 7. The Labute approximate surface area is 245 Å². The van der Waals surface area contributed by atoms with Gasteiger partial charge in [-0.2, -0.15) is 0 Å². The minimum absolute atomic E-state index is 0.197. The maximum atomic E-state index is 14.0. The minimum Gasteiger partial charge on any atom is -0.497 e. The second kappa shape index (κ2) is 11.7. The van der Waals surface area contributed by atoms with Crippen LogP contribution in [0.25, 0.3) is 22.2 Å². The van der Waals surface area contributed by atoms with E-state index in [4.69, 9.17) is 26.1 Å². The number of benzene rings is 4. The SMILES string of the molecule is COc1ccc2nc(-c3ccc(Br)cc3)cc(C(=O)N(C)Cc3ccc(Cl)cc3Oc3ccc(F)c(C)c3)c2c1. The van der Waals surface area contributed by atoms with E-state index in [2.05, 4.69) is 15.9 Å². The van der Waals surface area contributed by atoms with Crippen LogP contribution in [0.4, 0.5) is 4.39 Å². The summed E-state index contributed by atoms with van der Waals surface area (Å²) >= 11 is 9.74. The highest BCUT2D eigenvalue weighted by atomic mass is 79.9. The van der Waals surface area contributed by atoms with Crippen LogP contribution in [0, 0.1) is 12.7 Å². The molecule has 0 aliphatic heterocycles. The summed E-state index contributed by atoms with van der Waals surface area (Å²) in [4.78, 5) is 20.4. The molecular formula is C32H25BrClFN2O3. The van der Waals surface area contributed by atoms with Crippen LogP contribution >= 0.6 is 27.5 Å². The smallest absolute Gasteiger partial charge is 0.254 e. The predicted octanol–water partition coefficient (Wildman–Crippen LogP) is 8.84. The number of aromatic nitrogens is 1. The van der Waals surface area contributed by atoms with E-state index in [1.807, 2.05) is 54.6 Å². The van der Waals surface area contributed by atoms with E-state index >= 15 is 0 Å². The summed E-state index contributed by atoms with van der Waals surface area (Å²) in [5.41, 5.74) is 3.96. The lowest BCUT2D eigenvalue weighted by atomic mass is 10.0. The van der Waals surface area contributed by atoms with Gasteiger partial charge in [0, 0.05) is 39.6 Å². The maximum Gasteiger partial charge on any atom is 0.254 e. The molecule has 0 saturated carbocycles. The van der Waals surface area contributed by atoms with Crippen LogP contribution in [0.3, 0.4) is 0 Å². The van der Waals surface area contributed by atoms with Gasteiger partial charge in [-0.05, 0) is 79.2 Å². The number of amides is 1. The summed E-state index contributed by atoms with van der Waals surface area (Å²) in [5, 5.41) is 1.17. The highest BCUT2D eigenvalue weighted by Gasteiger charge is 2.20. The molecule has 1 heterocycles. The molecule has 0 saturated heterocycles. The lowest BCUT2D eigenvalue weighted by Gasteiger charge is -2.21. The van der Waals surface area contributed by atoms with Crippen molar-refractivity contribution in [2.45, 2.75) is 13.5 Å². The van der Waals surface area contributed by atoms with E-state index in [0.717, 1.165) is 15.6 Å². The molecule has 1 amide bonds. The van der Waals surface area contributed by atoms with Crippen LogP contribution in [0.1, 0.15) is 21.5 Å². The Bertz CT molecular complexity index is 1730. The molecule has 5 rings (SSSR count). The molecule has 0 aliphatic carbocycles. The number of halogens is 3. The van der Waals surface area contributed by atoms with Crippen molar-refractivity contribution in [1.82, 2.24) is 9.88 Å². The highest BCUT2D eigenvalue weighted by molar-refractivity contribution is 9.10. The number of pyridine rings is 1. The number of hydrogen-bond donors (Lipinski definition) is 0. The third-order valence-corrected chi connectivity index (χ3v) is 7.29. The lowest BCUT2D eigenvalue weighted by Crippen LogP contribution is -2.26. The van der Waals surface area contributed by atoms with E-state index < -0.39 is 0 Å². The summed E-state index contributed by atoms with van der Waals surface area (Å²) in [6.45, 7) is 1.91. The normalized spacial score (nSPS) is 10.9. The number of fused-ring (bicyclic) bond motifs is 1. The van der Waals surface area contributed by atoms with E-state index in [-0.39, 0.29) is 18.3 Å². The van der Waals surface area contributed by atoms with Gasteiger partial charge in [-0.25, -0.2) is 9.37 Å². The summed E-state index contributed by atoms with van der Waals surface area (Å²) < 4.78 is 26.2. The van der Waals surface area contributed by atoms with Gasteiger partial charge in [-0.1, -0.05) is 45.7 Å². The molecule has 5 aromatic rings. The molecule has 0 N–H and O–H groups in total. The Balaban J connectivity index is 1.51. The molecule has 4 aromatic carbocycles. The van der Waals surface area contributed by atoms with Crippen molar-refractivity contribution in [3.8, 4) is 28.5 Å². The van der Waals surface area contributed by atoms with Crippen molar-refractivity contribution in [1.29, 1.82) is 0 Å². The van der Waals surface area contributed by atoms with Crippen LogP contribution in [0.5, 0.6) is 17.2 Å². The first kappa shape index (κ1) is 27.6. The number of nitrogens with zero attached hydrogens (tertiary/aromatic N) is 2. The van der Waals surface area contributed by atoms with Crippen LogP contribution in [0.15, 0.2) is 89.4 Å². The molecule has 0 bridgehead atoms. The minimum atomic E-state index is -0.312. The lowest BCUT2D eigenvalue weighted by molar-refractivity contribution is 0.0786. The Morgan fingerprint density at radius 1 is 0.975 bits per heavy atom. The average Bonchev–Trinajstić information content (AvgIpc) is 2.95. The fourth-order valence-electron chi connectivity index (χ4n) is 4.37. The van der Waals surface area contributed by atoms with E-state index in [9.17, 15) is 9.18 Å². The van der Waals surface area contributed by atoms with Gasteiger partial charge in [0.1, 0.15) is 23.1 Å². The fourth-order valence-corrected chi connectivity index (χ4v) is 4.80. The molecular weight excluding hydrogens is 595 g/mol. The quantitative estimate of drug-likeness (QED) is 0.183. The standard InChI is InChI=1S/C32H25BrClFN2O3/c1-19-14-25(10-12-28(19)35)40-31-15-23(34)9-6-21(31)18-37(2)32(38)27-17-30(20-4-7-22(33)8-5-20)36-29-13-11-24(39-3)16-26(27)29/h4-17H,18H2,1-3H3. The molecule has 202 valence electrons. The summed E-state index contributed by atoms with van der Waals surface area (Å²) in [5.74, 6) is 1.08. The molecule has 0 radical (unpaired) electrons. The van der Waals surface area contributed by atoms with Gasteiger partial charge >= 0.3 is 0 Å². The molecule has 0 aliphatic rings. The third kappa shape index (κ3) is 5.96. The number of hydrogen-bond acceptors (Lipinski definition) is 4. The van der Waals surface area contributed by atoms with Crippen molar-refractivity contribution in [2.75, 3.05) is 14.2 Å². The van der Waals surface area contributed by atoms with Crippen LogP contribution in [-0.4, -0.2) is 29.9 Å².